The number of halogens is 4. The SMILES string of the molecule is O=C(Nc1oncc1Cl)c1cnccc1C(F)(F)F. The first kappa shape index (κ1) is 13.3. The van der Waals surface area contributed by atoms with Crippen molar-refractivity contribution in [1.82, 2.24) is 10.1 Å². The summed E-state index contributed by atoms with van der Waals surface area (Å²) in [4.78, 5) is 15.2. The van der Waals surface area contributed by atoms with E-state index in [0.29, 0.717) is 6.07 Å². The van der Waals surface area contributed by atoms with Crippen molar-refractivity contribution in [2.24, 2.45) is 0 Å². The highest BCUT2D eigenvalue weighted by atomic mass is 35.5. The average molecular weight is 292 g/mol. The van der Waals surface area contributed by atoms with Gasteiger partial charge in [-0.2, -0.15) is 13.2 Å². The van der Waals surface area contributed by atoms with Gasteiger partial charge in [0.2, 0.25) is 5.88 Å². The smallest absolute Gasteiger partial charge is 0.337 e. The summed E-state index contributed by atoms with van der Waals surface area (Å²) >= 11 is 5.59. The van der Waals surface area contributed by atoms with E-state index < -0.39 is 23.2 Å². The molecule has 100 valence electrons. The Morgan fingerprint density at radius 2 is 2.11 bits per heavy atom. The highest BCUT2D eigenvalue weighted by Gasteiger charge is 2.35. The first-order valence-electron chi connectivity index (χ1n) is 4.82. The van der Waals surface area contributed by atoms with E-state index >= 15 is 0 Å². The molecule has 1 amide bonds. The van der Waals surface area contributed by atoms with Crippen LogP contribution in [-0.2, 0) is 6.18 Å². The minimum Gasteiger partial charge on any atom is -0.337 e. The molecule has 0 saturated heterocycles. The zero-order chi connectivity index (χ0) is 14.0. The van der Waals surface area contributed by atoms with Gasteiger partial charge in [-0.25, -0.2) is 0 Å². The molecular formula is C10H5ClF3N3O2. The Morgan fingerprint density at radius 3 is 2.68 bits per heavy atom. The molecule has 0 bridgehead atoms. The standard InChI is InChI=1S/C10H5ClF3N3O2/c11-7-4-16-19-9(7)17-8(18)5-3-15-2-1-6(5)10(12,13)14/h1-4H,(H,17,18). The van der Waals surface area contributed by atoms with Crippen LogP contribution in [0.25, 0.3) is 0 Å². The third kappa shape index (κ3) is 2.84. The molecule has 0 aromatic carbocycles. The van der Waals surface area contributed by atoms with E-state index in [9.17, 15) is 18.0 Å². The number of amides is 1. The highest BCUT2D eigenvalue weighted by Crippen LogP contribution is 2.32. The maximum atomic E-state index is 12.7. The van der Waals surface area contributed by atoms with Crippen molar-refractivity contribution in [3.63, 3.8) is 0 Å². The number of nitrogens with zero attached hydrogens (tertiary/aromatic N) is 2. The Kier molecular flexibility index (Phi) is 3.43. The summed E-state index contributed by atoms with van der Waals surface area (Å²) in [5.74, 6) is -1.28. The predicted octanol–water partition coefficient (Wildman–Crippen LogP) is 2.99. The van der Waals surface area contributed by atoms with Gasteiger partial charge in [0, 0.05) is 12.4 Å². The van der Waals surface area contributed by atoms with Crippen LogP contribution in [0.3, 0.4) is 0 Å². The second-order valence-corrected chi connectivity index (χ2v) is 3.78. The van der Waals surface area contributed by atoms with Crippen LogP contribution in [0.1, 0.15) is 15.9 Å². The fraction of sp³-hybridized carbons (Fsp3) is 0.100. The van der Waals surface area contributed by atoms with Crippen molar-refractivity contribution in [3.8, 4) is 0 Å². The molecule has 0 radical (unpaired) electrons. The Hall–Kier alpha value is -2.09. The number of carbonyl (C=O) groups excluding carboxylic acids is 1. The number of alkyl halides is 3. The fourth-order valence-electron chi connectivity index (χ4n) is 1.30. The molecule has 19 heavy (non-hydrogen) atoms. The molecule has 0 spiro atoms. The molecule has 2 rings (SSSR count). The van der Waals surface area contributed by atoms with Gasteiger partial charge in [0.25, 0.3) is 5.91 Å². The summed E-state index contributed by atoms with van der Waals surface area (Å²) < 4.78 is 42.7. The molecule has 0 fully saturated rings. The summed E-state index contributed by atoms with van der Waals surface area (Å²) in [7, 11) is 0. The lowest BCUT2D eigenvalue weighted by Gasteiger charge is -2.11. The molecule has 0 saturated carbocycles. The second kappa shape index (κ2) is 4.88. The fourth-order valence-corrected chi connectivity index (χ4v) is 1.42. The topological polar surface area (TPSA) is 68.0 Å². The maximum absolute atomic E-state index is 12.7. The summed E-state index contributed by atoms with van der Waals surface area (Å²) in [6, 6.07) is 0.705. The molecular weight excluding hydrogens is 287 g/mol. The van der Waals surface area contributed by atoms with Crippen LogP contribution in [0.5, 0.6) is 0 Å². The molecule has 0 aliphatic rings. The van der Waals surface area contributed by atoms with Crippen molar-refractivity contribution in [1.29, 1.82) is 0 Å². The largest absolute Gasteiger partial charge is 0.417 e. The Balaban J connectivity index is 2.32. The van der Waals surface area contributed by atoms with Gasteiger partial charge < -0.3 is 4.52 Å². The maximum Gasteiger partial charge on any atom is 0.417 e. The van der Waals surface area contributed by atoms with Crippen molar-refractivity contribution in [2.45, 2.75) is 6.18 Å². The minimum absolute atomic E-state index is 0.0224. The van der Waals surface area contributed by atoms with E-state index in [1.54, 1.807) is 0 Å². The van der Waals surface area contributed by atoms with Gasteiger partial charge in [0.05, 0.1) is 17.3 Å². The van der Waals surface area contributed by atoms with Crippen LogP contribution in [0.4, 0.5) is 19.1 Å². The zero-order valence-corrected chi connectivity index (χ0v) is 9.79. The quantitative estimate of drug-likeness (QED) is 0.923. The molecule has 1 N–H and O–H groups in total. The molecule has 9 heteroatoms. The van der Waals surface area contributed by atoms with Crippen molar-refractivity contribution < 1.29 is 22.5 Å². The normalized spacial score (nSPS) is 11.4. The van der Waals surface area contributed by atoms with Crippen LogP contribution in [-0.4, -0.2) is 16.0 Å². The second-order valence-electron chi connectivity index (χ2n) is 3.38. The molecule has 5 nitrogen and oxygen atoms in total. The zero-order valence-electron chi connectivity index (χ0n) is 9.03. The third-order valence-corrected chi connectivity index (χ3v) is 2.39. The summed E-state index contributed by atoms with van der Waals surface area (Å²) in [6.45, 7) is 0. The van der Waals surface area contributed by atoms with Crippen molar-refractivity contribution in [3.05, 3.63) is 40.8 Å². The van der Waals surface area contributed by atoms with Crippen LogP contribution in [0.2, 0.25) is 5.02 Å². The number of rotatable bonds is 2. The number of hydrogen-bond donors (Lipinski definition) is 1. The van der Waals surface area contributed by atoms with E-state index in [0.717, 1.165) is 18.6 Å². The average Bonchev–Trinajstić information content (AvgIpc) is 2.74. The number of pyridine rings is 1. The molecule has 0 aliphatic carbocycles. The summed E-state index contributed by atoms with van der Waals surface area (Å²) in [5, 5.41) is 5.34. The molecule has 2 aromatic heterocycles. The first-order valence-corrected chi connectivity index (χ1v) is 5.20. The molecule has 0 unspecified atom stereocenters. The number of aromatic nitrogens is 2. The van der Waals surface area contributed by atoms with E-state index in [4.69, 9.17) is 11.6 Å². The van der Waals surface area contributed by atoms with Crippen LogP contribution in [0.15, 0.2) is 29.2 Å². The number of hydrogen-bond acceptors (Lipinski definition) is 4. The lowest BCUT2D eigenvalue weighted by atomic mass is 10.1. The number of anilines is 1. The lowest BCUT2D eigenvalue weighted by molar-refractivity contribution is -0.138. The Bertz CT molecular complexity index is 612. The Morgan fingerprint density at radius 1 is 1.37 bits per heavy atom. The predicted molar refractivity (Wildman–Crippen MR) is 58.7 cm³/mol. The number of nitrogens with one attached hydrogen (secondary N) is 1. The van der Waals surface area contributed by atoms with Crippen molar-refractivity contribution in [2.75, 3.05) is 5.32 Å². The van der Waals surface area contributed by atoms with Gasteiger partial charge in [-0.3, -0.25) is 15.1 Å². The third-order valence-electron chi connectivity index (χ3n) is 2.13. The summed E-state index contributed by atoms with van der Waals surface area (Å²) in [5.41, 5.74) is -1.74. The van der Waals surface area contributed by atoms with Gasteiger partial charge in [0.1, 0.15) is 5.02 Å². The summed E-state index contributed by atoms with van der Waals surface area (Å²) in [6.07, 6.45) is -1.81. The van der Waals surface area contributed by atoms with E-state index in [2.05, 4.69) is 20.0 Å². The van der Waals surface area contributed by atoms with Gasteiger partial charge in [0.15, 0.2) is 0 Å². The van der Waals surface area contributed by atoms with E-state index in [-0.39, 0.29) is 10.9 Å². The Labute approximate surface area is 109 Å². The molecule has 0 atom stereocenters. The van der Waals surface area contributed by atoms with E-state index in [1.807, 2.05) is 0 Å². The highest BCUT2D eigenvalue weighted by molar-refractivity contribution is 6.33. The van der Waals surface area contributed by atoms with E-state index in [1.165, 1.54) is 0 Å². The molecule has 0 aliphatic heterocycles. The first-order chi connectivity index (χ1) is 8.89. The minimum atomic E-state index is -4.67. The van der Waals surface area contributed by atoms with Gasteiger partial charge in [-0.15, -0.1) is 0 Å². The lowest BCUT2D eigenvalue weighted by Crippen LogP contribution is -2.19. The van der Waals surface area contributed by atoms with Crippen LogP contribution >= 0.6 is 11.6 Å². The van der Waals surface area contributed by atoms with Crippen molar-refractivity contribution >= 4 is 23.4 Å². The number of carbonyl (C=O) groups is 1. The van der Waals surface area contributed by atoms with Gasteiger partial charge in [-0.05, 0) is 6.07 Å². The van der Waals surface area contributed by atoms with Gasteiger partial charge >= 0.3 is 6.18 Å². The van der Waals surface area contributed by atoms with Gasteiger partial charge in [-0.1, -0.05) is 16.8 Å². The molecule has 2 heterocycles. The monoisotopic (exact) mass is 291 g/mol. The van der Waals surface area contributed by atoms with Crippen LogP contribution in [0, 0.1) is 0 Å². The molecule has 2 aromatic rings. The van der Waals surface area contributed by atoms with Crippen LogP contribution < -0.4 is 5.32 Å².